The van der Waals surface area contributed by atoms with E-state index in [9.17, 15) is 9.50 Å². The number of nitrogens with one attached hydrogen (secondary N) is 2. The lowest BCUT2D eigenvalue weighted by molar-refractivity contribution is 0.127. The fourth-order valence-corrected chi connectivity index (χ4v) is 4.03. The second-order valence-corrected chi connectivity index (χ2v) is 7.70. The molecular weight excluding hydrogens is 333 g/mol. The minimum absolute atomic E-state index is 0.0164. The quantitative estimate of drug-likeness (QED) is 0.513. The van der Waals surface area contributed by atoms with Gasteiger partial charge in [0.25, 0.3) is 0 Å². The van der Waals surface area contributed by atoms with E-state index in [-0.39, 0.29) is 23.3 Å². The third kappa shape index (κ3) is 4.18. The normalized spacial score (nSPS) is 25.0. The Morgan fingerprint density at radius 1 is 1.19 bits per heavy atom. The van der Waals surface area contributed by atoms with Crippen LogP contribution in [-0.4, -0.2) is 51.0 Å². The minimum atomic E-state index is -0.193. The highest BCUT2D eigenvalue weighted by atomic mass is 19.1. The second kappa shape index (κ2) is 8.35. The van der Waals surface area contributed by atoms with Crippen LogP contribution in [0.3, 0.4) is 0 Å². The van der Waals surface area contributed by atoms with Crippen molar-refractivity contribution in [2.45, 2.75) is 37.5 Å². The summed E-state index contributed by atoms with van der Waals surface area (Å²) in [5, 5.41) is 16.2. The molecule has 0 bridgehead atoms. The summed E-state index contributed by atoms with van der Waals surface area (Å²) in [5.74, 6) is 0.573. The summed E-state index contributed by atoms with van der Waals surface area (Å²) in [7, 11) is 1.77. The van der Waals surface area contributed by atoms with Gasteiger partial charge in [-0.25, -0.2) is 4.39 Å². The lowest BCUT2D eigenvalue weighted by Crippen LogP contribution is -2.50. The topological polar surface area (TPSA) is 65.9 Å². The molecule has 1 aromatic carbocycles. The lowest BCUT2D eigenvalue weighted by Gasteiger charge is -2.43. The number of halogens is 1. The van der Waals surface area contributed by atoms with Crippen molar-refractivity contribution in [2.24, 2.45) is 10.4 Å². The summed E-state index contributed by atoms with van der Waals surface area (Å²) < 4.78 is 18.8. The fourth-order valence-electron chi connectivity index (χ4n) is 4.03. The lowest BCUT2D eigenvalue weighted by atomic mass is 9.64. The van der Waals surface area contributed by atoms with Crippen molar-refractivity contribution in [3.8, 4) is 0 Å². The predicted molar refractivity (Wildman–Crippen MR) is 101 cm³/mol. The number of rotatable bonds is 7. The molecule has 0 amide bonds. The fraction of sp³-hybridized carbons (Fsp3) is 0.650. The highest BCUT2D eigenvalue weighted by Crippen LogP contribution is 2.43. The average molecular weight is 363 g/mol. The van der Waals surface area contributed by atoms with E-state index >= 15 is 0 Å². The summed E-state index contributed by atoms with van der Waals surface area (Å²) in [6.45, 7) is 3.11. The number of hydrogen-bond acceptors (Lipinski definition) is 3. The van der Waals surface area contributed by atoms with Gasteiger partial charge in [-0.15, -0.1) is 0 Å². The number of guanidine groups is 1. The average Bonchev–Trinajstić information content (AvgIpc) is 3.07. The number of hydrogen-bond donors (Lipinski definition) is 3. The van der Waals surface area contributed by atoms with Crippen LogP contribution in [0, 0.1) is 11.2 Å². The predicted octanol–water partition coefficient (Wildman–Crippen LogP) is 2.20. The molecule has 0 aromatic heterocycles. The smallest absolute Gasteiger partial charge is 0.191 e. The van der Waals surface area contributed by atoms with Crippen LogP contribution in [-0.2, 0) is 10.2 Å². The number of aliphatic imine (C=N–C) groups is 1. The number of aliphatic hydroxyl groups is 1. The highest BCUT2D eigenvalue weighted by molar-refractivity contribution is 5.79. The molecule has 2 fully saturated rings. The molecule has 1 unspecified atom stereocenters. The van der Waals surface area contributed by atoms with Crippen molar-refractivity contribution >= 4 is 5.96 Å². The van der Waals surface area contributed by atoms with Gasteiger partial charge in [0, 0.05) is 44.2 Å². The zero-order valence-electron chi connectivity index (χ0n) is 15.6. The molecule has 26 heavy (non-hydrogen) atoms. The zero-order valence-corrected chi connectivity index (χ0v) is 15.6. The van der Waals surface area contributed by atoms with Crippen LogP contribution in [0.1, 0.15) is 37.7 Å². The van der Waals surface area contributed by atoms with Crippen molar-refractivity contribution in [3.05, 3.63) is 35.6 Å². The molecule has 0 radical (unpaired) electrons. The molecule has 3 rings (SSSR count). The molecule has 0 spiro atoms. The first kappa shape index (κ1) is 19.1. The Morgan fingerprint density at radius 2 is 1.92 bits per heavy atom. The van der Waals surface area contributed by atoms with Crippen LogP contribution in [0.25, 0.3) is 0 Å². The van der Waals surface area contributed by atoms with Gasteiger partial charge in [-0.1, -0.05) is 18.6 Å². The second-order valence-electron chi connectivity index (χ2n) is 7.70. The van der Waals surface area contributed by atoms with Crippen molar-refractivity contribution in [1.29, 1.82) is 0 Å². The van der Waals surface area contributed by atoms with Crippen molar-refractivity contribution in [2.75, 3.05) is 40.0 Å². The van der Waals surface area contributed by atoms with Crippen LogP contribution >= 0.6 is 0 Å². The SMILES string of the molecule is CN=C(NCC1(CCO)CCOC1)NCC1(c2ccc(F)cc2)CCC1. The minimum Gasteiger partial charge on any atom is -0.396 e. The maximum Gasteiger partial charge on any atom is 0.191 e. The summed E-state index contributed by atoms with van der Waals surface area (Å²) in [5.41, 5.74) is 1.23. The maximum atomic E-state index is 13.2. The molecule has 2 aliphatic rings. The van der Waals surface area contributed by atoms with E-state index in [4.69, 9.17) is 4.74 Å². The third-order valence-corrected chi connectivity index (χ3v) is 6.04. The summed E-state index contributed by atoms with van der Waals surface area (Å²) >= 11 is 0. The zero-order chi connectivity index (χ0) is 18.5. The molecule has 1 aliphatic carbocycles. The van der Waals surface area contributed by atoms with Gasteiger partial charge in [-0.3, -0.25) is 4.99 Å². The Labute approximate surface area is 155 Å². The Kier molecular flexibility index (Phi) is 6.14. The van der Waals surface area contributed by atoms with Gasteiger partial charge in [0.05, 0.1) is 6.61 Å². The molecule has 3 N–H and O–H groups in total. The Balaban J connectivity index is 1.57. The standard InChI is InChI=1S/C20H30FN3O2/c1-22-18(23-13-19(9-11-25)10-12-26-15-19)24-14-20(7-2-8-20)16-3-5-17(21)6-4-16/h3-6,25H,2,7-15H2,1H3,(H2,22,23,24). The molecule has 6 heteroatoms. The van der Waals surface area contributed by atoms with Crippen molar-refractivity contribution < 1.29 is 14.2 Å². The Bertz CT molecular complexity index is 608. The van der Waals surface area contributed by atoms with Gasteiger partial charge in [0.1, 0.15) is 5.82 Å². The maximum absolute atomic E-state index is 13.2. The van der Waals surface area contributed by atoms with E-state index in [1.165, 1.54) is 12.0 Å². The van der Waals surface area contributed by atoms with Crippen LogP contribution < -0.4 is 10.6 Å². The molecule has 1 heterocycles. The van der Waals surface area contributed by atoms with Crippen LogP contribution in [0.4, 0.5) is 4.39 Å². The van der Waals surface area contributed by atoms with Crippen LogP contribution in [0.5, 0.6) is 0 Å². The van der Waals surface area contributed by atoms with Gasteiger partial charge < -0.3 is 20.5 Å². The van der Waals surface area contributed by atoms with Crippen molar-refractivity contribution in [3.63, 3.8) is 0 Å². The van der Waals surface area contributed by atoms with Gasteiger partial charge >= 0.3 is 0 Å². The Hall–Kier alpha value is -1.66. The number of aliphatic hydroxyl groups excluding tert-OH is 1. The van der Waals surface area contributed by atoms with Gasteiger partial charge in [0.15, 0.2) is 5.96 Å². The van der Waals surface area contributed by atoms with Crippen molar-refractivity contribution in [1.82, 2.24) is 10.6 Å². The first-order valence-corrected chi connectivity index (χ1v) is 9.51. The van der Waals surface area contributed by atoms with E-state index in [2.05, 4.69) is 15.6 Å². The van der Waals surface area contributed by atoms with Gasteiger partial charge in [-0.2, -0.15) is 0 Å². The summed E-state index contributed by atoms with van der Waals surface area (Å²) in [6, 6.07) is 6.89. The van der Waals surface area contributed by atoms with E-state index in [1.807, 2.05) is 12.1 Å². The molecule has 1 saturated heterocycles. The first-order valence-electron chi connectivity index (χ1n) is 9.51. The van der Waals surface area contributed by atoms with E-state index in [1.54, 1.807) is 19.2 Å². The molecule has 1 aromatic rings. The Morgan fingerprint density at radius 3 is 2.46 bits per heavy atom. The first-order chi connectivity index (χ1) is 12.6. The van der Waals surface area contributed by atoms with E-state index in [0.29, 0.717) is 6.61 Å². The summed E-state index contributed by atoms with van der Waals surface area (Å²) in [6.07, 6.45) is 5.09. The molecule has 144 valence electrons. The van der Waals surface area contributed by atoms with Gasteiger partial charge in [0.2, 0.25) is 0 Å². The number of ether oxygens (including phenoxy) is 1. The number of benzene rings is 1. The monoisotopic (exact) mass is 363 g/mol. The molecule has 1 aliphatic heterocycles. The highest BCUT2D eigenvalue weighted by Gasteiger charge is 2.39. The molecule has 1 saturated carbocycles. The molecular formula is C20H30FN3O2. The molecule has 1 atom stereocenters. The largest absolute Gasteiger partial charge is 0.396 e. The van der Waals surface area contributed by atoms with Crippen LogP contribution in [0.15, 0.2) is 29.3 Å². The van der Waals surface area contributed by atoms with Gasteiger partial charge in [-0.05, 0) is 43.4 Å². The number of nitrogens with zero attached hydrogens (tertiary/aromatic N) is 1. The summed E-state index contributed by atoms with van der Waals surface area (Å²) in [4.78, 5) is 4.34. The van der Waals surface area contributed by atoms with Crippen LogP contribution in [0.2, 0.25) is 0 Å². The van der Waals surface area contributed by atoms with E-state index < -0.39 is 0 Å². The molecule has 5 nitrogen and oxygen atoms in total. The third-order valence-electron chi connectivity index (χ3n) is 6.04. The van der Waals surface area contributed by atoms with E-state index in [0.717, 1.165) is 51.3 Å².